The van der Waals surface area contributed by atoms with Crippen molar-refractivity contribution in [1.29, 1.82) is 0 Å². The first-order valence-electron chi connectivity index (χ1n) is 7.85. The molecule has 1 aliphatic heterocycles. The zero-order chi connectivity index (χ0) is 14.4. The van der Waals surface area contributed by atoms with E-state index in [2.05, 4.69) is 36.2 Å². The maximum atomic E-state index is 5.21. The van der Waals surface area contributed by atoms with E-state index in [4.69, 9.17) is 4.74 Å². The predicted molar refractivity (Wildman–Crippen MR) is 84.3 cm³/mol. The summed E-state index contributed by atoms with van der Waals surface area (Å²) in [6.45, 7) is 8.17. The van der Waals surface area contributed by atoms with E-state index in [9.17, 15) is 0 Å². The number of hydrogen-bond acceptors (Lipinski definition) is 3. The molecular weight excluding hydrogens is 248 g/mol. The monoisotopic (exact) mass is 276 g/mol. The summed E-state index contributed by atoms with van der Waals surface area (Å²) in [4.78, 5) is 2.56. The Kier molecular flexibility index (Phi) is 5.86. The number of nitrogens with one attached hydrogen (secondary N) is 1. The standard InChI is InChI=1S/C17H28N2O/c1-4-19-12-5-6-16(11-13-19)18-14(2)15-7-9-17(20-3)10-8-15/h7-10,14,16,18H,4-6,11-13H2,1-3H3/t14-,16?/m0/s1. The Morgan fingerprint density at radius 1 is 1.25 bits per heavy atom. The Bertz CT molecular complexity index is 390. The van der Waals surface area contributed by atoms with Crippen LogP contribution in [0, 0.1) is 0 Å². The van der Waals surface area contributed by atoms with Gasteiger partial charge >= 0.3 is 0 Å². The lowest BCUT2D eigenvalue weighted by molar-refractivity contribution is 0.295. The van der Waals surface area contributed by atoms with Gasteiger partial charge in [-0.05, 0) is 63.5 Å². The maximum absolute atomic E-state index is 5.21. The first-order valence-corrected chi connectivity index (χ1v) is 7.85. The largest absolute Gasteiger partial charge is 0.497 e. The number of nitrogens with zero attached hydrogens (tertiary/aromatic N) is 1. The molecule has 0 aliphatic carbocycles. The smallest absolute Gasteiger partial charge is 0.118 e. The van der Waals surface area contributed by atoms with Crippen LogP contribution >= 0.6 is 0 Å². The third kappa shape index (κ3) is 4.22. The van der Waals surface area contributed by atoms with Gasteiger partial charge in [0, 0.05) is 12.1 Å². The number of rotatable bonds is 5. The fraction of sp³-hybridized carbons (Fsp3) is 0.647. The normalized spacial score (nSPS) is 22.2. The molecular formula is C17H28N2O. The lowest BCUT2D eigenvalue weighted by atomic mass is 10.0. The molecule has 0 bridgehead atoms. The lowest BCUT2D eigenvalue weighted by Crippen LogP contribution is -2.32. The van der Waals surface area contributed by atoms with Crippen LogP contribution in [0.5, 0.6) is 5.75 Å². The van der Waals surface area contributed by atoms with Crippen LogP contribution in [0.3, 0.4) is 0 Å². The molecule has 1 saturated heterocycles. The van der Waals surface area contributed by atoms with Crippen LogP contribution in [0.25, 0.3) is 0 Å². The predicted octanol–water partition coefficient (Wildman–Crippen LogP) is 3.22. The van der Waals surface area contributed by atoms with Crippen LogP contribution in [0.15, 0.2) is 24.3 Å². The molecule has 1 heterocycles. The second-order valence-electron chi connectivity index (χ2n) is 5.72. The van der Waals surface area contributed by atoms with E-state index in [-0.39, 0.29) is 0 Å². The second-order valence-corrected chi connectivity index (χ2v) is 5.72. The van der Waals surface area contributed by atoms with Crippen molar-refractivity contribution in [2.45, 2.75) is 45.2 Å². The minimum atomic E-state index is 0.402. The molecule has 0 amide bonds. The molecule has 1 aromatic carbocycles. The highest BCUT2D eigenvalue weighted by molar-refractivity contribution is 5.28. The minimum Gasteiger partial charge on any atom is -0.497 e. The summed E-state index contributed by atoms with van der Waals surface area (Å²) < 4.78 is 5.21. The van der Waals surface area contributed by atoms with Crippen molar-refractivity contribution in [1.82, 2.24) is 10.2 Å². The number of benzene rings is 1. The molecule has 0 aromatic heterocycles. The molecule has 1 aromatic rings. The molecule has 0 saturated carbocycles. The van der Waals surface area contributed by atoms with Crippen LogP contribution in [0.4, 0.5) is 0 Å². The molecule has 1 unspecified atom stereocenters. The van der Waals surface area contributed by atoms with Gasteiger partial charge < -0.3 is 15.0 Å². The summed E-state index contributed by atoms with van der Waals surface area (Å²) in [5.41, 5.74) is 1.34. The average molecular weight is 276 g/mol. The third-order valence-corrected chi connectivity index (χ3v) is 4.37. The van der Waals surface area contributed by atoms with Crippen LogP contribution < -0.4 is 10.1 Å². The zero-order valence-electron chi connectivity index (χ0n) is 13.1. The Morgan fingerprint density at radius 3 is 2.65 bits per heavy atom. The van der Waals surface area contributed by atoms with Crippen LogP contribution in [-0.4, -0.2) is 37.7 Å². The van der Waals surface area contributed by atoms with Crippen molar-refractivity contribution in [2.75, 3.05) is 26.7 Å². The fourth-order valence-corrected chi connectivity index (χ4v) is 2.98. The minimum absolute atomic E-state index is 0.402. The number of ether oxygens (including phenoxy) is 1. The molecule has 2 rings (SSSR count). The summed E-state index contributed by atoms with van der Waals surface area (Å²) in [5, 5.41) is 3.79. The average Bonchev–Trinajstić information content (AvgIpc) is 2.72. The molecule has 1 N–H and O–H groups in total. The van der Waals surface area contributed by atoms with E-state index in [1.807, 2.05) is 12.1 Å². The van der Waals surface area contributed by atoms with Gasteiger partial charge in [0.1, 0.15) is 5.75 Å². The first kappa shape index (κ1) is 15.3. The van der Waals surface area contributed by atoms with Crippen molar-refractivity contribution in [2.24, 2.45) is 0 Å². The van der Waals surface area contributed by atoms with Gasteiger partial charge in [0.05, 0.1) is 7.11 Å². The highest BCUT2D eigenvalue weighted by Gasteiger charge is 2.18. The summed E-state index contributed by atoms with van der Waals surface area (Å²) in [6.07, 6.45) is 3.85. The van der Waals surface area contributed by atoms with Gasteiger partial charge in [0.25, 0.3) is 0 Å². The number of likely N-dealkylation sites (tertiary alicyclic amines) is 1. The van der Waals surface area contributed by atoms with Gasteiger partial charge in [0.15, 0.2) is 0 Å². The first-order chi connectivity index (χ1) is 9.72. The Labute approximate surface area is 123 Å². The van der Waals surface area contributed by atoms with Crippen LogP contribution in [0.2, 0.25) is 0 Å². The Hall–Kier alpha value is -1.06. The molecule has 0 spiro atoms. The van der Waals surface area contributed by atoms with Crippen molar-refractivity contribution in [3.05, 3.63) is 29.8 Å². The molecule has 1 aliphatic rings. The highest BCUT2D eigenvalue weighted by Crippen LogP contribution is 2.20. The Morgan fingerprint density at radius 2 is 2.00 bits per heavy atom. The van der Waals surface area contributed by atoms with Gasteiger partial charge in [-0.1, -0.05) is 19.1 Å². The van der Waals surface area contributed by atoms with Gasteiger partial charge in [-0.15, -0.1) is 0 Å². The van der Waals surface area contributed by atoms with E-state index < -0.39 is 0 Å². The molecule has 112 valence electrons. The third-order valence-electron chi connectivity index (χ3n) is 4.37. The van der Waals surface area contributed by atoms with Gasteiger partial charge in [-0.3, -0.25) is 0 Å². The molecule has 1 fully saturated rings. The summed E-state index contributed by atoms with van der Waals surface area (Å²) >= 11 is 0. The topological polar surface area (TPSA) is 24.5 Å². The molecule has 0 radical (unpaired) electrons. The SMILES string of the molecule is CCN1CCCC(N[C@@H](C)c2ccc(OC)cc2)CC1. The van der Waals surface area contributed by atoms with Gasteiger partial charge in [-0.2, -0.15) is 0 Å². The zero-order valence-corrected chi connectivity index (χ0v) is 13.1. The van der Waals surface area contributed by atoms with Crippen molar-refractivity contribution < 1.29 is 4.74 Å². The lowest BCUT2D eigenvalue weighted by Gasteiger charge is -2.23. The van der Waals surface area contributed by atoms with E-state index in [1.54, 1.807) is 7.11 Å². The van der Waals surface area contributed by atoms with Crippen LogP contribution in [-0.2, 0) is 0 Å². The van der Waals surface area contributed by atoms with E-state index in [0.29, 0.717) is 12.1 Å². The Balaban J connectivity index is 1.88. The van der Waals surface area contributed by atoms with E-state index in [0.717, 1.165) is 5.75 Å². The summed E-state index contributed by atoms with van der Waals surface area (Å²) in [6, 6.07) is 9.44. The van der Waals surface area contributed by atoms with Gasteiger partial charge in [0.2, 0.25) is 0 Å². The number of hydrogen-bond donors (Lipinski definition) is 1. The van der Waals surface area contributed by atoms with Crippen molar-refractivity contribution >= 4 is 0 Å². The van der Waals surface area contributed by atoms with Crippen LogP contribution in [0.1, 0.15) is 44.7 Å². The quantitative estimate of drug-likeness (QED) is 0.893. The van der Waals surface area contributed by atoms with E-state index in [1.165, 1.54) is 44.5 Å². The summed E-state index contributed by atoms with van der Waals surface area (Å²) in [5.74, 6) is 0.925. The summed E-state index contributed by atoms with van der Waals surface area (Å²) in [7, 11) is 1.71. The van der Waals surface area contributed by atoms with Crippen molar-refractivity contribution in [3.8, 4) is 5.75 Å². The molecule has 3 nitrogen and oxygen atoms in total. The van der Waals surface area contributed by atoms with Gasteiger partial charge in [-0.25, -0.2) is 0 Å². The maximum Gasteiger partial charge on any atom is 0.118 e. The molecule has 3 heteroatoms. The van der Waals surface area contributed by atoms with Crippen molar-refractivity contribution in [3.63, 3.8) is 0 Å². The highest BCUT2D eigenvalue weighted by atomic mass is 16.5. The fourth-order valence-electron chi connectivity index (χ4n) is 2.98. The molecule has 20 heavy (non-hydrogen) atoms. The second kappa shape index (κ2) is 7.65. The number of methoxy groups -OCH3 is 1. The van der Waals surface area contributed by atoms with E-state index >= 15 is 0 Å². The molecule has 2 atom stereocenters.